The van der Waals surface area contributed by atoms with Gasteiger partial charge in [-0.2, -0.15) is 5.10 Å². The molecule has 0 saturated carbocycles. The summed E-state index contributed by atoms with van der Waals surface area (Å²) in [5.41, 5.74) is 4.23. The van der Waals surface area contributed by atoms with Gasteiger partial charge < -0.3 is 10.4 Å². The topological polar surface area (TPSA) is 75.9 Å². The van der Waals surface area contributed by atoms with Crippen molar-refractivity contribution in [3.63, 3.8) is 0 Å². The van der Waals surface area contributed by atoms with Crippen LogP contribution in [0.2, 0.25) is 0 Å². The van der Waals surface area contributed by atoms with E-state index in [1.54, 1.807) is 17.1 Å². The number of aliphatic hydroxyl groups excluding tert-OH is 1. The van der Waals surface area contributed by atoms with Gasteiger partial charge in [0, 0.05) is 12.1 Å². The molecule has 6 nitrogen and oxygen atoms in total. The summed E-state index contributed by atoms with van der Waals surface area (Å²) >= 11 is 0. The first-order valence-electron chi connectivity index (χ1n) is 8.00. The molecule has 0 radical (unpaired) electrons. The van der Waals surface area contributed by atoms with Crippen molar-refractivity contribution >= 4 is 5.82 Å². The van der Waals surface area contributed by atoms with E-state index >= 15 is 0 Å². The smallest absolute Gasteiger partial charge is 0.174 e. The van der Waals surface area contributed by atoms with Crippen molar-refractivity contribution in [1.29, 1.82) is 0 Å². The second-order valence-corrected chi connectivity index (χ2v) is 6.19. The quantitative estimate of drug-likeness (QED) is 0.774. The van der Waals surface area contributed by atoms with Gasteiger partial charge in [-0.15, -0.1) is 0 Å². The molecule has 0 fully saturated rings. The lowest BCUT2D eigenvalue weighted by atomic mass is 10.1. The number of benzene rings is 1. The molecule has 0 bridgehead atoms. The molecule has 0 amide bonds. The fraction of sp³-hybridized carbons (Fsp3) is 0.278. The average molecular weight is 321 g/mol. The Kier molecular flexibility index (Phi) is 3.54. The molecule has 0 saturated heterocycles. The molecule has 24 heavy (non-hydrogen) atoms. The number of aryl methyl sites for hydroxylation is 2. The highest BCUT2D eigenvalue weighted by atomic mass is 16.3. The Morgan fingerprint density at radius 1 is 1.21 bits per heavy atom. The van der Waals surface area contributed by atoms with Crippen LogP contribution in [-0.4, -0.2) is 31.0 Å². The number of hydrogen-bond acceptors (Lipinski definition) is 5. The number of fused-ring (bicyclic) bond motifs is 1. The van der Waals surface area contributed by atoms with Gasteiger partial charge in [0.1, 0.15) is 5.82 Å². The standard InChI is InChI=1S/C18H19N5O/c1-11-7-12(2)23(22-11)17-10-19-9-16(20-17)21-18-14-6-4-3-5-13(14)8-15(18)24/h3-7,9-10,15,18,24H,8H2,1-2H3,(H,20,21)/t15-,18+/m0/s1. The van der Waals surface area contributed by atoms with E-state index in [0.717, 1.165) is 17.0 Å². The molecular weight excluding hydrogens is 302 g/mol. The minimum Gasteiger partial charge on any atom is -0.390 e. The molecule has 4 rings (SSSR count). The normalized spacial score (nSPS) is 19.3. The zero-order chi connectivity index (χ0) is 16.7. The lowest BCUT2D eigenvalue weighted by Gasteiger charge is -2.18. The third-order valence-electron chi connectivity index (χ3n) is 4.36. The van der Waals surface area contributed by atoms with Crippen LogP contribution in [0.15, 0.2) is 42.7 Å². The van der Waals surface area contributed by atoms with Gasteiger partial charge in [0.15, 0.2) is 5.82 Å². The van der Waals surface area contributed by atoms with Gasteiger partial charge in [0.2, 0.25) is 0 Å². The van der Waals surface area contributed by atoms with E-state index in [4.69, 9.17) is 0 Å². The molecule has 2 heterocycles. The van der Waals surface area contributed by atoms with Crippen LogP contribution in [0.1, 0.15) is 28.6 Å². The second kappa shape index (κ2) is 5.72. The van der Waals surface area contributed by atoms with Crippen molar-refractivity contribution in [3.8, 4) is 5.82 Å². The number of aromatic nitrogens is 4. The lowest BCUT2D eigenvalue weighted by Crippen LogP contribution is -2.22. The summed E-state index contributed by atoms with van der Waals surface area (Å²) in [7, 11) is 0. The number of hydrogen-bond donors (Lipinski definition) is 2. The third kappa shape index (κ3) is 2.55. The van der Waals surface area contributed by atoms with E-state index < -0.39 is 6.10 Å². The Labute approximate surface area is 140 Å². The summed E-state index contributed by atoms with van der Waals surface area (Å²) in [5, 5.41) is 18.1. The highest BCUT2D eigenvalue weighted by Gasteiger charge is 2.30. The van der Waals surface area contributed by atoms with Crippen molar-refractivity contribution < 1.29 is 5.11 Å². The molecule has 122 valence electrons. The van der Waals surface area contributed by atoms with Gasteiger partial charge in [-0.1, -0.05) is 24.3 Å². The number of nitrogens with zero attached hydrogens (tertiary/aromatic N) is 4. The van der Waals surface area contributed by atoms with Crippen molar-refractivity contribution in [3.05, 3.63) is 65.2 Å². The SMILES string of the molecule is Cc1cc(C)n(-c2cncc(N[C@@H]3c4ccccc4C[C@@H]3O)n2)n1. The summed E-state index contributed by atoms with van der Waals surface area (Å²) in [5.74, 6) is 1.28. The van der Waals surface area contributed by atoms with Crippen molar-refractivity contribution in [1.82, 2.24) is 19.7 Å². The minimum atomic E-state index is -0.471. The van der Waals surface area contributed by atoms with Crippen LogP contribution in [0.5, 0.6) is 0 Å². The van der Waals surface area contributed by atoms with Crippen LogP contribution in [-0.2, 0) is 6.42 Å². The Morgan fingerprint density at radius 2 is 2.04 bits per heavy atom. The zero-order valence-corrected chi connectivity index (χ0v) is 13.6. The molecule has 1 aliphatic rings. The monoisotopic (exact) mass is 321 g/mol. The fourth-order valence-electron chi connectivity index (χ4n) is 3.30. The van der Waals surface area contributed by atoms with Crippen molar-refractivity contribution in [2.45, 2.75) is 32.4 Å². The van der Waals surface area contributed by atoms with E-state index in [-0.39, 0.29) is 6.04 Å². The van der Waals surface area contributed by atoms with Crippen LogP contribution in [0.25, 0.3) is 5.82 Å². The van der Waals surface area contributed by atoms with Gasteiger partial charge in [-0.05, 0) is 31.0 Å². The van der Waals surface area contributed by atoms with Gasteiger partial charge >= 0.3 is 0 Å². The first-order valence-corrected chi connectivity index (χ1v) is 8.00. The zero-order valence-electron chi connectivity index (χ0n) is 13.6. The van der Waals surface area contributed by atoms with E-state index in [2.05, 4.69) is 26.4 Å². The van der Waals surface area contributed by atoms with Crippen molar-refractivity contribution in [2.75, 3.05) is 5.32 Å². The molecule has 1 aromatic carbocycles. The first kappa shape index (κ1) is 14.8. The summed E-state index contributed by atoms with van der Waals surface area (Å²) in [4.78, 5) is 8.87. The highest BCUT2D eigenvalue weighted by molar-refractivity contribution is 5.45. The van der Waals surface area contributed by atoms with E-state index in [1.807, 2.05) is 38.1 Å². The molecule has 2 atom stereocenters. The summed E-state index contributed by atoms with van der Waals surface area (Å²) in [6.07, 6.45) is 3.53. The van der Waals surface area contributed by atoms with E-state index in [1.165, 1.54) is 5.56 Å². The van der Waals surface area contributed by atoms with Gasteiger partial charge in [0.25, 0.3) is 0 Å². The molecular formula is C18H19N5O. The van der Waals surface area contributed by atoms with Crippen LogP contribution in [0.3, 0.4) is 0 Å². The van der Waals surface area contributed by atoms with Gasteiger partial charge in [-0.25, -0.2) is 9.67 Å². The molecule has 6 heteroatoms. The number of nitrogens with one attached hydrogen (secondary N) is 1. The summed E-state index contributed by atoms with van der Waals surface area (Å²) < 4.78 is 1.77. The minimum absolute atomic E-state index is 0.175. The maximum Gasteiger partial charge on any atom is 0.174 e. The molecule has 3 aromatic rings. The van der Waals surface area contributed by atoms with Gasteiger partial charge in [0.05, 0.1) is 30.2 Å². The third-order valence-corrected chi connectivity index (χ3v) is 4.36. The average Bonchev–Trinajstić information content (AvgIpc) is 3.07. The number of anilines is 1. The maximum absolute atomic E-state index is 10.4. The lowest BCUT2D eigenvalue weighted by molar-refractivity contribution is 0.165. The molecule has 2 aromatic heterocycles. The second-order valence-electron chi connectivity index (χ2n) is 6.19. The summed E-state index contributed by atoms with van der Waals surface area (Å²) in [6, 6.07) is 9.91. The Balaban J connectivity index is 1.64. The predicted molar refractivity (Wildman–Crippen MR) is 91.1 cm³/mol. The van der Waals surface area contributed by atoms with Gasteiger partial charge in [-0.3, -0.25) is 4.98 Å². The van der Waals surface area contributed by atoms with Crippen LogP contribution >= 0.6 is 0 Å². The summed E-state index contributed by atoms with van der Waals surface area (Å²) in [6.45, 7) is 3.93. The Hall–Kier alpha value is -2.73. The predicted octanol–water partition coefficient (Wildman–Crippen LogP) is 2.35. The highest BCUT2D eigenvalue weighted by Crippen LogP contribution is 2.33. The first-order chi connectivity index (χ1) is 11.6. The Morgan fingerprint density at radius 3 is 2.83 bits per heavy atom. The van der Waals surface area contributed by atoms with Crippen LogP contribution < -0.4 is 5.32 Å². The molecule has 0 unspecified atom stereocenters. The number of rotatable bonds is 3. The Bertz CT molecular complexity index is 889. The maximum atomic E-state index is 10.4. The van der Waals surface area contributed by atoms with Crippen LogP contribution in [0, 0.1) is 13.8 Å². The molecule has 0 spiro atoms. The fourth-order valence-corrected chi connectivity index (χ4v) is 3.30. The van der Waals surface area contributed by atoms with Crippen LogP contribution in [0.4, 0.5) is 5.82 Å². The van der Waals surface area contributed by atoms with Crippen molar-refractivity contribution in [2.24, 2.45) is 0 Å². The van der Waals surface area contributed by atoms with E-state index in [9.17, 15) is 5.11 Å². The molecule has 2 N–H and O–H groups in total. The number of aliphatic hydroxyl groups is 1. The molecule has 0 aliphatic heterocycles. The van der Waals surface area contributed by atoms with E-state index in [0.29, 0.717) is 18.1 Å². The largest absolute Gasteiger partial charge is 0.390 e. The molecule has 1 aliphatic carbocycles.